The summed E-state index contributed by atoms with van der Waals surface area (Å²) >= 11 is 0. The molecule has 0 bridgehead atoms. The Kier molecular flexibility index (Phi) is 5.77. The van der Waals surface area contributed by atoms with Crippen LogP contribution in [0.4, 0.5) is 0 Å². The Labute approximate surface area is 161 Å². The highest BCUT2D eigenvalue weighted by Crippen LogP contribution is 2.48. The molecule has 0 fully saturated rings. The molecule has 1 unspecified atom stereocenters. The molecule has 2 aromatic carbocycles. The van der Waals surface area contributed by atoms with Crippen LogP contribution in [0.5, 0.6) is 28.7 Å². The minimum Gasteiger partial charge on any atom is -0.496 e. The fourth-order valence-corrected chi connectivity index (χ4v) is 3.24. The third-order valence-electron chi connectivity index (χ3n) is 3.73. The second-order valence-corrected chi connectivity index (χ2v) is 6.83. The molecule has 1 heterocycles. The number of hydrogen-bond donors (Lipinski definition) is 2. The maximum absolute atomic E-state index is 12.6. The molecule has 28 heavy (non-hydrogen) atoms. The van der Waals surface area contributed by atoms with E-state index < -0.39 is 7.82 Å². The summed E-state index contributed by atoms with van der Waals surface area (Å²) in [6, 6.07) is 9.40. The van der Waals surface area contributed by atoms with Gasteiger partial charge in [-0.1, -0.05) is 0 Å². The highest BCUT2D eigenvalue weighted by molar-refractivity contribution is 7.48. The average Bonchev–Trinajstić information content (AvgIpc) is 3.21. The molecule has 3 aromatic rings. The standard InChI is InChI=1S/C18H19N2O7P/c1-23-13-7-14(24-2)9-15(8-13)26-28(21,22)27-18-6-12(4-5-17(18)25-3)16-10-19-11-20-16/h4-11H,1-3H3,(H,19,20)(H,21,22). The number of phosphoric ester groups is 1. The van der Waals surface area contributed by atoms with Crippen molar-refractivity contribution in [1.82, 2.24) is 9.97 Å². The van der Waals surface area contributed by atoms with Gasteiger partial charge in [-0.3, -0.25) is 4.89 Å². The molecular weight excluding hydrogens is 387 g/mol. The normalized spacial score (nSPS) is 12.7. The number of rotatable bonds is 8. The number of H-pyrrole nitrogens is 1. The summed E-state index contributed by atoms with van der Waals surface area (Å²) < 4.78 is 38.5. The van der Waals surface area contributed by atoms with Crippen LogP contribution in [-0.4, -0.2) is 36.2 Å². The van der Waals surface area contributed by atoms with E-state index in [1.54, 1.807) is 30.5 Å². The van der Waals surface area contributed by atoms with Crippen molar-refractivity contribution in [2.24, 2.45) is 0 Å². The van der Waals surface area contributed by atoms with Gasteiger partial charge < -0.3 is 28.2 Å². The first-order valence-electron chi connectivity index (χ1n) is 8.06. The minimum atomic E-state index is -4.55. The monoisotopic (exact) mass is 406 g/mol. The van der Waals surface area contributed by atoms with E-state index in [9.17, 15) is 9.46 Å². The highest BCUT2D eigenvalue weighted by Gasteiger charge is 2.28. The van der Waals surface area contributed by atoms with Crippen LogP contribution < -0.4 is 23.3 Å². The number of phosphoric acid groups is 1. The number of ether oxygens (including phenoxy) is 3. The lowest BCUT2D eigenvalue weighted by Gasteiger charge is -2.17. The maximum atomic E-state index is 12.6. The first kappa shape index (κ1) is 19.6. The van der Waals surface area contributed by atoms with Gasteiger partial charge in [-0.25, -0.2) is 9.55 Å². The fourth-order valence-electron chi connectivity index (χ4n) is 2.44. The lowest BCUT2D eigenvalue weighted by molar-refractivity contribution is 0.282. The minimum absolute atomic E-state index is 0.0373. The Hall–Kier alpha value is -3.16. The fraction of sp³-hybridized carbons (Fsp3) is 0.167. The molecule has 10 heteroatoms. The van der Waals surface area contributed by atoms with E-state index in [0.717, 1.165) is 0 Å². The zero-order valence-corrected chi connectivity index (χ0v) is 16.3. The third kappa shape index (κ3) is 4.57. The molecule has 0 radical (unpaired) electrons. The summed E-state index contributed by atoms with van der Waals surface area (Å²) in [6.45, 7) is 0. The quantitative estimate of drug-likeness (QED) is 0.545. The van der Waals surface area contributed by atoms with Gasteiger partial charge in [0, 0.05) is 23.8 Å². The van der Waals surface area contributed by atoms with Crippen LogP contribution in [0.3, 0.4) is 0 Å². The lowest BCUT2D eigenvalue weighted by Crippen LogP contribution is -2.02. The molecule has 0 aliphatic heterocycles. The van der Waals surface area contributed by atoms with Crippen molar-refractivity contribution in [3.63, 3.8) is 0 Å². The van der Waals surface area contributed by atoms with Gasteiger partial charge in [0.1, 0.15) is 17.2 Å². The second kappa shape index (κ2) is 8.24. The number of hydrogen-bond acceptors (Lipinski definition) is 7. The van der Waals surface area contributed by atoms with E-state index in [1.165, 1.54) is 39.8 Å². The summed E-state index contributed by atoms with van der Waals surface area (Å²) in [4.78, 5) is 17.1. The molecule has 0 aliphatic rings. The number of nitrogens with zero attached hydrogens (tertiary/aromatic N) is 1. The molecule has 0 amide bonds. The predicted molar refractivity (Wildman–Crippen MR) is 101 cm³/mol. The predicted octanol–water partition coefficient (Wildman–Crippen LogP) is 3.66. The van der Waals surface area contributed by atoms with Gasteiger partial charge in [0.2, 0.25) is 0 Å². The molecule has 2 N–H and O–H groups in total. The number of aromatic nitrogens is 2. The summed E-state index contributed by atoms with van der Waals surface area (Å²) in [6.07, 6.45) is 3.14. The number of aromatic amines is 1. The van der Waals surface area contributed by atoms with Crippen LogP contribution in [-0.2, 0) is 4.57 Å². The number of benzene rings is 2. The van der Waals surface area contributed by atoms with Crippen LogP contribution >= 0.6 is 7.82 Å². The van der Waals surface area contributed by atoms with Crippen molar-refractivity contribution in [3.8, 4) is 40.0 Å². The van der Waals surface area contributed by atoms with Crippen LogP contribution in [0.2, 0.25) is 0 Å². The molecule has 0 spiro atoms. The van der Waals surface area contributed by atoms with Crippen molar-refractivity contribution >= 4 is 7.82 Å². The smallest absolute Gasteiger partial charge is 0.496 e. The molecule has 1 aromatic heterocycles. The topological polar surface area (TPSA) is 112 Å². The zero-order valence-electron chi connectivity index (χ0n) is 15.4. The molecule has 0 saturated carbocycles. The molecule has 1 atom stereocenters. The second-order valence-electron chi connectivity index (χ2n) is 5.53. The van der Waals surface area contributed by atoms with Crippen LogP contribution in [0, 0.1) is 0 Å². The SMILES string of the molecule is COc1cc(OC)cc(OP(=O)(O)Oc2cc(-c3cnc[nH]3)ccc2OC)c1. The van der Waals surface area contributed by atoms with Gasteiger partial charge in [-0.15, -0.1) is 0 Å². The summed E-state index contributed by atoms with van der Waals surface area (Å²) in [5.41, 5.74) is 1.40. The van der Waals surface area contributed by atoms with E-state index in [0.29, 0.717) is 22.8 Å². The third-order valence-corrected chi connectivity index (χ3v) is 4.60. The van der Waals surface area contributed by atoms with Gasteiger partial charge in [0.15, 0.2) is 11.5 Å². The summed E-state index contributed by atoms with van der Waals surface area (Å²) in [7, 11) is -0.210. The highest BCUT2D eigenvalue weighted by atomic mass is 31.2. The number of methoxy groups -OCH3 is 3. The van der Waals surface area contributed by atoms with Gasteiger partial charge in [0.25, 0.3) is 0 Å². The molecular formula is C18H19N2O7P. The average molecular weight is 406 g/mol. The van der Waals surface area contributed by atoms with E-state index in [2.05, 4.69) is 9.97 Å². The number of nitrogens with one attached hydrogen (secondary N) is 1. The largest absolute Gasteiger partial charge is 0.585 e. The Morgan fingerprint density at radius 3 is 2.14 bits per heavy atom. The van der Waals surface area contributed by atoms with Crippen LogP contribution in [0.1, 0.15) is 0 Å². The van der Waals surface area contributed by atoms with E-state index in [1.807, 2.05) is 0 Å². The Morgan fingerprint density at radius 1 is 0.893 bits per heavy atom. The lowest BCUT2D eigenvalue weighted by atomic mass is 10.1. The zero-order chi connectivity index (χ0) is 20.1. The summed E-state index contributed by atoms with van der Waals surface area (Å²) in [5.74, 6) is 1.15. The maximum Gasteiger partial charge on any atom is 0.585 e. The van der Waals surface area contributed by atoms with Crippen molar-refractivity contribution in [1.29, 1.82) is 0 Å². The molecule has 148 valence electrons. The van der Waals surface area contributed by atoms with Crippen molar-refractivity contribution in [2.45, 2.75) is 0 Å². The van der Waals surface area contributed by atoms with Gasteiger partial charge in [-0.05, 0) is 18.2 Å². The van der Waals surface area contributed by atoms with Crippen molar-refractivity contribution in [3.05, 3.63) is 48.9 Å². The Morgan fingerprint density at radius 2 is 1.57 bits per heavy atom. The first-order valence-corrected chi connectivity index (χ1v) is 9.55. The van der Waals surface area contributed by atoms with Crippen molar-refractivity contribution < 1.29 is 32.7 Å². The van der Waals surface area contributed by atoms with Crippen LogP contribution in [0.25, 0.3) is 11.3 Å². The van der Waals surface area contributed by atoms with E-state index in [-0.39, 0.29) is 17.2 Å². The summed E-state index contributed by atoms with van der Waals surface area (Å²) in [5, 5.41) is 0. The van der Waals surface area contributed by atoms with E-state index in [4.69, 9.17) is 23.3 Å². The molecule has 0 aliphatic carbocycles. The molecule has 9 nitrogen and oxygen atoms in total. The van der Waals surface area contributed by atoms with Gasteiger partial charge >= 0.3 is 7.82 Å². The van der Waals surface area contributed by atoms with Gasteiger partial charge in [0.05, 0.1) is 39.5 Å². The van der Waals surface area contributed by atoms with Crippen LogP contribution in [0.15, 0.2) is 48.9 Å². The van der Waals surface area contributed by atoms with E-state index >= 15 is 0 Å². The first-order chi connectivity index (χ1) is 13.4. The Bertz CT molecular complexity index is 969. The van der Waals surface area contributed by atoms with Crippen molar-refractivity contribution in [2.75, 3.05) is 21.3 Å². The Balaban J connectivity index is 1.87. The molecule has 3 rings (SSSR count). The van der Waals surface area contributed by atoms with Gasteiger partial charge in [-0.2, -0.15) is 0 Å². The number of imidazole rings is 1. The molecule has 0 saturated heterocycles.